The van der Waals surface area contributed by atoms with Crippen molar-refractivity contribution in [1.29, 1.82) is 0 Å². The summed E-state index contributed by atoms with van der Waals surface area (Å²) in [5, 5.41) is 3.82. The molecule has 0 radical (unpaired) electrons. The fourth-order valence-corrected chi connectivity index (χ4v) is 3.68. The molecule has 11 heteroatoms. The molecule has 1 heterocycles. The summed E-state index contributed by atoms with van der Waals surface area (Å²) in [7, 11) is -3.32. The van der Waals surface area contributed by atoms with Gasteiger partial charge in [0.2, 0.25) is 0 Å². The van der Waals surface area contributed by atoms with Crippen molar-refractivity contribution in [3.63, 3.8) is 0 Å². The minimum Gasteiger partial charge on any atom is -0.465 e. The molecule has 1 aromatic carbocycles. The number of esters is 1. The number of ether oxygens (including phenoxy) is 1. The number of aryl methyl sites for hydroxylation is 1. The van der Waals surface area contributed by atoms with Crippen molar-refractivity contribution in [3.05, 3.63) is 46.1 Å². The SMILES string of the molecule is COC(=O)c1ccccc1S(=O)(=O)NC(=O)n1nc(C)n(C2CC2)c1=O. The largest absolute Gasteiger partial charge is 0.465 e. The predicted molar refractivity (Wildman–Crippen MR) is 88.4 cm³/mol. The van der Waals surface area contributed by atoms with Gasteiger partial charge < -0.3 is 4.74 Å². The van der Waals surface area contributed by atoms with Crippen LogP contribution in [0.25, 0.3) is 0 Å². The van der Waals surface area contributed by atoms with Gasteiger partial charge in [0.15, 0.2) is 0 Å². The van der Waals surface area contributed by atoms with E-state index in [0.29, 0.717) is 10.5 Å². The van der Waals surface area contributed by atoms with Crippen molar-refractivity contribution in [1.82, 2.24) is 19.1 Å². The first-order valence-corrected chi connectivity index (χ1v) is 9.17. The first-order chi connectivity index (χ1) is 12.3. The van der Waals surface area contributed by atoms with Crippen molar-refractivity contribution < 1.29 is 22.7 Å². The van der Waals surface area contributed by atoms with E-state index in [9.17, 15) is 22.8 Å². The summed E-state index contributed by atoms with van der Waals surface area (Å²) in [4.78, 5) is 35.9. The maximum atomic E-state index is 12.5. The zero-order valence-corrected chi connectivity index (χ0v) is 14.8. The van der Waals surface area contributed by atoms with E-state index in [2.05, 4.69) is 9.84 Å². The van der Waals surface area contributed by atoms with E-state index < -0.39 is 32.6 Å². The number of rotatable bonds is 4. The molecule has 1 aromatic heterocycles. The molecule has 0 atom stereocenters. The van der Waals surface area contributed by atoms with E-state index in [1.807, 2.05) is 0 Å². The van der Waals surface area contributed by atoms with E-state index in [1.165, 1.54) is 22.8 Å². The lowest BCUT2D eigenvalue weighted by Crippen LogP contribution is -2.41. The molecule has 0 bridgehead atoms. The molecule has 1 fully saturated rings. The van der Waals surface area contributed by atoms with Crippen LogP contribution in [-0.2, 0) is 14.8 Å². The molecule has 3 rings (SSSR count). The Bertz CT molecular complexity index is 1050. The van der Waals surface area contributed by atoms with Crippen LogP contribution in [0.5, 0.6) is 0 Å². The van der Waals surface area contributed by atoms with Gasteiger partial charge in [0.25, 0.3) is 10.0 Å². The van der Waals surface area contributed by atoms with Gasteiger partial charge in [-0.25, -0.2) is 27.5 Å². The van der Waals surface area contributed by atoms with Gasteiger partial charge in [-0.1, -0.05) is 12.1 Å². The van der Waals surface area contributed by atoms with Crippen LogP contribution in [0, 0.1) is 6.92 Å². The second kappa shape index (κ2) is 6.41. The minimum absolute atomic E-state index is 0.0132. The number of methoxy groups -OCH3 is 1. The zero-order chi connectivity index (χ0) is 19.1. The van der Waals surface area contributed by atoms with Crippen LogP contribution in [0.1, 0.15) is 35.1 Å². The van der Waals surface area contributed by atoms with Crippen LogP contribution < -0.4 is 10.4 Å². The zero-order valence-electron chi connectivity index (χ0n) is 14.0. The molecule has 1 amide bonds. The van der Waals surface area contributed by atoms with Crippen LogP contribution >= 0.6 is 0 Å². The molecule has 1 N–H and O–H groups in total. The van der Waals surface area contributed by atoms with E-state index in [4.69, 9.17) is 0 Å². The van der Waals surface area contributed by atoms with Gasteiger partial charge >= 0.3 is 17.7 Å². The standard InChI is InChI=1S/C15H16N4O6S/c1-9-16-19(15(22)18(9)10-7-8-10)14(21)17-26(23,24)12-6-4-3-5-11(12)13(20)25-2/h3-6,10H,7-8H2,1-2H3,(H,17,21). The molecule has 1 saturated carbocycles. The summed E-state index contributed by atoms with van der Waals surface area (Å²) in [6.45, 7) is 1.56. The number of carbonyl (C=O) groups excluding carboxylic acids is 2. The highest BCUT2D eigenvalue weighted by Crippen LogP contribution is 2.33. The van der Waals surface area contributed by atoms with E-state index in [1.54, 1.807) is 11.6 Å². The molecule has 10 nitrogen and oxygen atoms in total. The Morgan fingerprint density at radius 1 is 1.27 bits per heavy atom. The summed E-state index contributed by atoms with van der Waals surface area (Å²) in [5.41, 5.74) is -0.943. The Hall–Kier alpha value is -2.95. The summed E-state index contributed by atoms with van der Waals surface area (Å²) in [6.07, 6.45) is 1.61. The summed E-state index contributed by atoms with van der Waals surface area (Å²) in [5.74, 6) is -0.551. The second-order valence-corrected chi connectivity index (χ2v) is 7.39. The lowest BCUT2D eigenvalue weighted by atomic mass is 10.2. The van der Waals surface area contributed by atoms with Crippen LogP contribution in [-0.4, -0.2) is 41.9 Å². The summed E-state index contributed by atoms with van der Waals surface area (Å²) in [6, 6.07) is 4.02. The van der Waals surface area contributed by atoms with Crippen LogP contribution in [0.3, 0.4) is 0 Å². The molecule has 1 aliphatic rings. The van der Waals surface area contributed by atoms with Gasteiger partial charge in [0, 0.05) is 6.04 Å². The van der Waals surface area contributed by atoms with Crippen LogP contribution in [0.4, 0.5) is 4.79 Å². The summed E-state index contributed by atoms with van der Waals surface area (Å²) >= 11 is 0. The smallest absolute Gasteiger partial charge is 0.360 e. The predicted octanol–water partition coefficient (Wildman–Crippen LogP) is 0.421. The van der Waals surface area contributed by atoms with Crippen LogP contribution in [0.2, 0.25) is 0 Å². The highest BCUT2D eigenvalue weighted by atomic mass is 32.2. The highest BCUT2D eigenvalue weighted by Gasteiger charge is 2.31. The molecule has 2 aromatic rings. The topological polar surface area (TPSA) is 129 Å². The van der Waals surface area contributed by atoms with Crippen molar-refractivity contribution >= 4 is 22.0 Å². The second-order valence-electron chi connectivity index (χ2n) is 5.74. The van der Waals surface area contributed by atoms with Gasteiger partial charge in [-0.05, 0) is 31.9 Å². The van der Waals surface area contributed by atoms with Gasteiger partial charge in [-0.3, -0.25) is 4.57 Å². The number of benzene rings is 1. The number of sulfonamides is 1. The Labute approximate surface area is 148 Å². The first kappa shape index (κ1) is 17.9. The number of carbonyl (C=O) groups is 2. The average Bonchev–Trinajstić information content (AvgIpc) is 3.38. The quantitative estimate of drug-likeness (QED) is 0.761. The number of hydrogen-bond acceptors (Lipinski definition) is 7. The molecule has 0 spiro atoms. The van der Waals surface area contributed by atoms with Crippen molar-refractivity contribution in [2.75, 3.05) is 7.11 Å². The van der Waals surface area contributed by atoms with E-state index in [0.717, 1.165) is 26.0 Å². The molecule has 138 valence electrons. The molecule has 0 unspecified atom stereocenters. The van der Waals surface area contributed by atoms with Gasteiger partial charge in [-0.2, -0.15) is 0 Å². The van der Waals surface area contributed by atoms with Crippen molar-refractivity contribution in [2.45, 2.75) is 30.7 Å². The Kier molecular flexibility index (Phi) is 4.40. The maximum absolute atomic E-state index is 12.5. The number of nitrogens with one attached hydrogen (secondary N) is 1. The molecule has 26 heavy (non-hydrogen) atoms. The molecule has 0 aliphatic heterocycles. The first-order valence-electron chi connectivity index (χ1n) is 7.69. The lowest BCUT2D eigenvalue weighted by Gasteiger charge is -2.09. The normalized spacial score (nSPS) is 14.1. The Morgan fingerprint density at radius 2 is 1.92 bits per heavy atom. The third-order valence-corrected chi connectivity index (χ3v) is 5.27. The number of amides is 1. The summed E-state index contributed by atoms with van der Waals surface area (Å²) < 4.78 is 33.2. The van der Waals surface area contributed by atoms with Crippen molar-refractivity contribution in [3.8, 4) is 0 Å². The number of aromatic nitrogens is 3. The maximum Gasteiger partial charge on any atom is 0.360 e. The third kappa shape index (κ3) is 3.12. The average molecular weight is 380 g/mol. The Morgan fingerprint density at radius 3 is 2.54 bits per heavy atom. The fraction of sp³-hybridized carbons (Fsp3) is 0.333. The van der Waals surface area contributed by atoms with E-state index >= 15 is 0 Å². The van der Waals surface area contributed by atoms with Crippen molar-refractivity contribution in [2.24, 2.45) is 0 Å². The highest BCUT2D eigenvalue weighted by molar-refractivity contribution is 7.90. The van der Waals surface area contributed by atoms with Gasteiger partial charge in [0.05, 0.1) is 12.7 Å². The molecule has 0 saturated heterocycles. The minimum atomic E-state index is -4.43. The lowest BCUT2D eigenvalue weighted by molar-refractivity contribution is 0.0596. The van der Waals surface area contributed by atoms with Gasteiger partial charge in [0.1, 0.15) is 10.7 Å². The van der Waals surface area contributed by atoms with Crippen LogP contribution in [0.15, 0.2) is 34.0 Å². The van der Waals surface area contributed by atoms with E-state index in [-0.39, 0.29) is 11.6 Å². The molecule has 1 aliphatic carbocycles. The third-order valence-electron chi connectivity index (χ3n) is 3.89. The van der Waals surface area contributed by atoms with Gasteiger partial charge in [-0.15, -0.1) is 9.78 Å². The number of hydrogen-bond donors (Lipinski definition) is 1. The number of nitrogens with zero attached hydrogens (tertiary/aromatic N) is 3. The monoisotopic (exact) mass is 380 g/mol. The fourth-order valence-electron chi connectivity index (χ4n) is 2.55. The molecular formula is C15H16N4O6S. The molecular weight excluding hydrogens is 364 g/mol. The Balaban J connectivity index is 1.94.